The van der Waals surface area contributed by atoms with Gasteiger partial charge in [0.05, 0.1) is 27.9 Å². The molecule has 4 rings (SSSR count). The Labute approximate surface area is 247 Å². The standard InChI is InChI=1S/C32H41N3O5S/c1-24-14-20-41-30(24)22-34(17-13-25-7-12-28(39-3)29(21-25)40-4)31(36)23-35(19-18-33-15-5-6-16-33)32(37)26-8-10-27(38-2)11-9-26/h7-12,14,20-21H,5-6,13,15-19,22-23H2,1-4H3. The van der Waals surface area contributed by atoms with E-state index in [1.54, 1.807) is 61.8 Å². The Morgan fingerprint density at radius 3 is 2.24 bits per heavy atom. The molecule has 0 bridgehead atoms. The number of ether oxygens (including phenoxy) is 3. The van der Waals surface area contributed by atoms with E-state index in [9.17, 15) is 9.59 Å². The summed E-state index contributed by atoms with van der Waals surface area (Å²) in [5.41, 5.74) is 2.76. The van der Waals surface area contributed by atoms with Gasteiger partial charge in [0.15, 0.2) is 11.5 Å². The number of rotatable bonds is 14. The molecule has 0 N–H and O–H groups in total. The highest BCUT2D eigenvalue weighted by Crippen LogP contribution is 2.28. The van der Waals surface area contributed by atoms with Crippen molar-refractivity contribution in [1.82, 2.24) is 14.7 Å². The van der Waals surface area contributed by atoms with Gasteiger partial charge in [-0.25, -0.2) is 0 Å². The number of amides is 2. The highest BCUT2D eigenvalue weighted by molar-refractivity contribution is 7.10. The van der Waals surface area contributed by atoms with Gasteiger partial charge in [-0.15, -0.1) is 11.3 Å². The average Bonchev–Trinajstić information content (AvgIpc) is 3.68. The largest absolute Gasteiger partial charge is 0.497 e. The molecule has 1 aliphatic rings. The Balaban J connectivity index is 1.52. The third-order valence-corrected chi connectivity index (χ3v) is 8.62. The maximum Gasteiger partial charge on any atom is 0.254 e. The summed E-state index contributed by atoms with van der Waals surface area (Å²) >= 11 is 1.65. The van der Waals surface area contributed by atoms with Crippen molar-refractivity contribution in [3.05, 3.63) is 75.5 Å². The lowest BCUT2D eigenvalue weighted by Crippen LogP contribution is -2.45. The predicted octanol–water partition coefficient (Wildman–Crippen LogP) is 4.89. The number of methoxy groups -OCH3 is 3. The Morgan fingerprint density at radius 1 is 0.878 bits per heavy atom. The molecule has 0 aliphatic carbocycles. The van der Waals surface area contributed by atoms with Crippen LogP contribution in [0.3, 0.4) is 0 Å². The Hall–Kier alpha value is -3.56. The quantitative estimate of drug-likeness (QED) is 0.271. The van der Waals surface area contributed by atoms with Crippen LogP contribution >= 0.6 is 11.3 Å². The first-order valence-electron chi connectivity index (χ1n) is 14.1. The van der Waals surface area contributed by atoms with E-state index in [0.29, 0.717) is 48.9 Å². The summed E-state index contributed by atoms with van der Waals surface area (Å²) in [6.45, 7) is 6.44. The van der Waals surface area contributed by atoms with Crippen LogP contribution in [0.4, 0.5) is 0 Å². The number of carbonyl (C=O) groups excluding carboxylic acids is 2. The highest BCUT2D eigenvalue weighted by Gasteiger charge is 2.24. The normalized spacial score (nSPS) is 13.2. The first-order valence-corrected chi connectivity index (χ1v) is 15.0. The smallest absolute Gasteiger partial charge is 0.254 e. The molecular weight excluding hydrogens is 538 g/mol. The van der Waals surface area contributed by atoms with E-state index in [1.165, 1.54) is 18.4 Å². The molecule has 1 saturated heterocycles. The van der Waals surface area contributed by atoms with Crippen LogP contribution in [0.25, 0.3) is 0 Å². The summed E-state index contributed by atoms with van der Waals surface area (Å²) in [6, 6.07) is 15.0. The van der Waals surface area contributed by atoms with Crippen molar-refractivity contribution in [2.75, 3.05) is 60.6 Å². The van der Waals surface area contributed by atoms with Gasteiger partial charge in [-0.3, -0.25) is 9.59 Å². The van der Waals surface area contributed by atoms with Crippen LogP contribution in [0.1, 0.15) is 39.2 Å². The third-order valence-electron chi connectivity index (χ3n) is 7.61. The SMILES string of the molecule is COc1ccc(C(=O)N(CCN2CCCC2)CC(=O)N(CCc2ccc(OC)c(OC)c2)Cc2sccc2C)cc1. The summed E-state index contributed by atoms with van der Waals surface area (Å²) in [5.74, 6) is 1.81. The molecule has 2 aromatic carbocycles. The second kappa shape index (κ2) is 14.9. The molecule has 0 saturated carbocycles. The number of nitrogens with zero attached hydrogens (tertiary/aromatic N) is 3. The van der Waals surface area contributed by atoms with Gasteiger partial charge in [0.25, 0.3) is 5.91 Å². The second-order valence-electron chi connectivity index (χ2n) is 10.3. The second-order valence-corrected chi connectivity index (χ2v) is 11.3. The molecular formula is C32H41N3O5S. The minimum absolute atomic E-state index is 0.0229. The number of hydrogen-bond donors (Lipinski definition) is 0. The molecule has 2 amide bonds. The van der Waals surface area contributed by atoms with Gasteiger partial charge in [-0.05, 0) is 98.2 Å². The van der Waals surface area contributed by atoms with Crippen molar-refractivity contribution in [2.24, 2.45) is 0 Å². The van der Waals surface area contributed by atoms with Gasteiger partial charge < -0.3 is 28.9 Å². The van der Waals surface area contributed by atoms with Crippen molar-refractivity contribution >= 4 is 23.2 Å². The monoisotopic (exact) mass is 579 g/mol. The van der Waals surface area contributed by atoms with Crippen LogP contribution in [0.2, 0.25) is 0 Å². The van der Waals surface area contributed by atoms with Gasteiger partial charge >= 0.3 is 0 Å². The number of aryl methyl sites for hydroxylation is 1. The molecule has 1 aromatic heterocycles. The Bertz CT molecular complexity index is 1290. The summed E-state index contributed by atoms with van der Waals surface area (Å²) in [6.07, 6.45) is 3.00. The van der Waals surface area contributed by atoms with Crippen molar-refractivity contribution in [3.8, 4) is 17.2 Å². The number of likely N-dealkylation sites (tertiary alicyclic amines) is 1. The van der Waals surface area contributed by atoms with E-state index in [4.69, 9.17) is 14.2 Å². The number of thiophene rings is 1. The molecule has 8 nitrogen and oxygen atoms in total. The van der Waals surface area contributed by atoms with E-state index in [1.807, 2.05) is 23.1 Å². The van der Waals surface area contributed by atoms with Crippen LogP contribution in [-0.4, -0.2) is 87.1 Å². The van der Waals surface area contributed by atoms with Crippen LogP contribution in [0, 0.1) is 6.92 Å². The zero-order valence-corrected chi connectivity index (χ0v) is 25.4. The molecule has 0 atom stereocenters. The lowest BCUT2D eigenvalue weighted by Gasteiger charge is -2.29. The summed E-state index contributed by atoms with van der Waals surface area (Å²) in [7, 11) is 4.83. The number of benzene rings is 2. The van der Waals surface area contributed by atoms with Crippen LogP contribution in [0.15, 0.2) is 53.9 Å². The van der Waals surface area contributed by atoms with E-state index < -0.39 is 0 Å². The van der Waals surface area contributed by atoms with Crippen LogP contribution in [0.5, 0.6) is 17.2 Å². The van der Waals surface area contributed by atoms with E-state index in [0.717, 1.165) is 30.1 Å². The fourth-order valence-corrected chi connectivity index (χ4v) is 5.95. The average molecular weight is 580 g/mol. The third kappa shape index (κ3) is 8.24. The fraction of sp³-hybridized carbons (Fsp3) is 0.438. The van der Waals surface area contributed by atoms with Crippen LogP contribution < -0.4 is 14.2 Å². The first kappa shape index (κ1) is 30.4. The lowest BCUT2D eigenvalue weighted by atomic mass is 10.1. The molecule has 1 fully saturated rings. The molecule has 0 radical (unpaired) electrons. The number of carbonyl (C=O) groups is 2. The van der Waals surface area contributed by atoms with E-state index in [2.05, 4.69) is 23.3 Å². The topological polar surface area (TPSA) is 71.6 Å². The Kier molecular flexibility index (Phi) is 11.0. The molecule has 3 aromatic rings. The van der Waals surface area contributed by atoms with E-state index in [-0.39, 0.29) is 18.4 Å². The molecule has 9 heteroatoms. The predicted molar refractivity (Wildman–Crippen MR) is 162 cm³/mol. The van der Waals surface area contributed by atoms with Crippen molar-refractivity contribution in [1.29, 1.82) is 0 Å². The van der Waals surface area contributed by atoms with Gasteiger partial charge in [0.1, 0.15) is 12.3 Å². The number of hydrogen-bond acceptors (Lipinski definition) is 7. The van der Waals surface area contributed by atoms with Gasteiger partial charge in [-0.2, -0.15) is 0 Å². The van der Waals surface area contributed by atoms with Gasteiger partial charge in [0, 0.05) is 30.1 Å². The summed E-state index contributed by atoms with van der Waals surface area (Å²) in [5, 5.41) is 2.05. The molecule has 220 valence electrons. The Morgan fingerprint density at radius 2 is 1.61 bits per heavy atom. The zero-order valence-electron chi connectivity index (χ0n) is 24.6. The van der Waals surface area contributed by atoms with Gasteiger partial charge in [0.2, 0.25) is 5.91 Å². The molecule has 41 heavy (non-hydrogen) atoms. The minimum atomic E-state index is -0.146. The van der Waals surface area contributed by atoms with Crippen LogP contribution in [-0.2, 0) is 17.8 Å². The maximum atomic E-state index is 13.9. The van der Waals surface area contributed by atoms with Crippen molar-refractivity contribution in [3.63, 3.8) is 0 Å². The molecule has 1 aliphatic heterocycles. The summed E-state index contributed by atoms with van der Waals surface area (Å²) in [4.78, 5) is 34.7. The molecule has 2 heterocycles. The maximum absolute atomic E-state index is 13.9. The van der Waals surface area contributed by atoms with Gasteiger partial charge in [-0.1, -0.05) is 6.07 Å². The zero-order chi connectivity index (χ0) is 29.2. The minimum Gasteiger partial charge on any atom is -0.497 e. The lowest BCUT2D eigenvalue weighted by molar-refractivity contribution is -0.132. The first-order chi connectivity index (χ1) is 19.9. The van der Waals surface area contributed by atoms with Crippen molar-refractivity contribution in [2.45, 2.75) is 32.7 Å². The van der Waals surface area contributed by atoms with E-state index >= 15 is 0 Å². The van der Waals surface area contributed by atoms with Crippen molar-refractivity contribution < 1.29 is 23.8 Å². The summed E-state index contributed by atoms with van der Waals surface area (Å²) < 4.78 is 16.1. The molecule has 0 spiro atoms. The molecule has 0 unspecified atom stereocenters. The highest BCUT2D eigenvalue weighted by atomic mass is 32.1. The fourth-order valence-electron chi connectivity index (χ4n) is 5.03.